The van der Waals surface area contributed by atoms with Gasteiger partial charge in [-0.15, -0.1) is 0 Å². The van der Waals surface area contributed by atoms with E-state index in [-0.39, 0.29) is 0 Å². The minimum atomic E-state index is -0.745. The fraction of sp³-hybridized carbons (Fsp3) is 0.333. The second kappa shape index (κ2) is 8.20. The number of aryl methyl sites for hydroxylation is 2. The number of primary amides is 1. The van der Waals surface area contributed by atoms with Crippen molar-refractivity contribution in [3.63, 3.8) is 0 Å². The van der Waals surface area contributed by atoms with Crippen molar-refractivity contribution in [2.45, 2.75) is 13.8 Å². The highest BCUT2D eigenvalue weighted by atomic mass is 35.5. The third-order valence-corrected chi connectivity index (χ3v) is 2.45. The minimum Gasteiger partial charge on any atom is -0.453 e. The van der Waals surface area contributed by atoms with E-state index in [9.17, 15) is 9.59 Å². The van der Waals surface area contributed by atoms with E-state index in [1.54, 1.807) is 12.1 Å². The molecule has 19 heavy (non-hydrogen) atoms. The van der Waals surface area contributed by atoms with Crippen LogP contribution in [0.25, 0.3) is 0 Å². The summed E-state index contributed by atoms with van der Waals surface area (Å²) in [6.07, 6.45) is -1.26. The van der Waals surface area contributed by atoms with Crippen molar-refractivity contribution in [1.82, 2.24) is 5.32 Å². The highest BCUT2D eigenvalue weighted by Gasteiger charge is 2.08. The minimum absolute atomic E-state index is 0.383. The number of amides is 2. The fourth-order valence-corrected chi connectivity index (χ4v) is 1.24. The third-order valence-electron chi connectivity index (χ3n) is 2.16. The molecule has 3 N–H and O–H groups in total. The molecule has 2 amide bonds. The smallest absolute Gasteiger partial charge is 0.412 e. The van der Waals surface area contributed by atoms with Crippen LogP contribution in [-0.4, -0.2) is 26.3 Å². The molecule has 0 aromatic heterocycles. The Morgan fingerprint density at radius 3 is 2.16 bits per heavy atom. The Morgan fingerprint density at radius 1 is 1.26 bits per heavy atom. The lowest BCUT2D eigenvalue weighted by Gasteiger charge is -2.08. The van der Waals surface area contributed by atoms with Gasteiger partial charge in [0.2, 0.25) is 0 Å². The summed E-state index contributed by atoms with van der Waals surface area (Å²) in [6, 6.07) is 3.52. The van der Waals surface area contributed by atoms with Gasteiger partial charge in [-0.05, 0) is 37.1 Å². The van der Waals surface area contributed by atoms with Crippen molar-refractivity contribution < 1.29 is 19.1 Å². The number of methoxy groups -OCH3 is 1. The van der Waals surface area contributed by atoms with Gasteiger partial charge in [0.05, 0.1) is 12.1 Å². The van der Waals surface area contributed by atoms with Crippen LogP contribution in [0.5, 0.6) is 5.75 Å². The average molecular weight is 289 g/mol. The van der Waals surface area contributed by atoms with Gasteiger partial charge in [-0.2, -0.15) is 0 Å². The average Bonchev–Trinajstić information content (AvgIpc) is 2.36. The van der Waals surface area contributed by atoms with Gasteiger partial charge in [-0.3, -0.25) is 0 Å². The Hall–Kier alpha value is -1.95. The molecule has 0 saturated heterocycles. The predicted molar refractivity (Wildman–Crippen MR) is 72.6 cm³/mol. The summed E-state index contributed by atoms with van der Waals surface area (Å²) >= 11 is 5.90. The number of nitrogens with one attached hydrogen (secondary N) is 1. The Morgan fingerprint density at radius 2 is 1.74 bits per heavy atom. The van der Waals surface area contributed by atoms with E-state index in [2.05, 4.69) is 15.8 Å². The summed E-state index contributed by atoms with van der Waals surface area (Å²) in [5, 5.41) is 2.80. The molecule has 1 rings (SSSR count). The van der Waals surface area contributed by atoms with Crippen LogP contribution in [0, 0.1) is 13.8 Å². The van der Waals surface area contributed by atoms with Crippen LogP contribution in [0.1, 0.15) is 11.1 Å². The summed E-state index contributed by atoms with van der Waals surface area (Å²) in [5.41, 5.74) is 6.53. The lowest BCUT2D eigenvalue weighted by atomic mass is 10.1. The molecule has 106 valence electrons. The van der Waals surface area contributed by atoms with Crippen LogP contribution >= 0.6 is 11.6 Å². The van der Waals surface area contributed by atoms with Crippen molar-refractivity contribution in [3.8, 4) is 5.75 Å². The zero-order valence-electron chi connectivity index (χ0n) is 11.2. The van der Waals surface area contributed by atoms with Gasteiger partial charge < -0.3 is 20.5 Å². The zero-order chi connectivity index (χ0) is 15.0. The van der Waals surface area contributed by atoms with E-state index in [0.717, 1.165) is 11.1 Å². The molecule has 0 aliphatic rings. The predicted octanol–water partition coefficient (Wildman–Crippen LogP) is 2.39. The molecular formula is C12H17ClN2O4. The number of benzene rings is 1. The molecule has 0 aliphatic carbocycles. The van der Waals surface area contributed by atoms with Crippen molar-refractivity contribution in [2.75, 3.05) is 14.2 Å². The third kappa shape index (κ3) is 6.52. The second-order valence-corrected chi connectivity index (χ2v) is 3.94. The van der Waals surface area contributed by atoms with Gasteiger partial charge in [-0.25, -0.2) is 9.59 Å². The summed E-state index contributed by atoms with van der Waals surface area (Å²) in [5.74, 6) is 0.383. The molecular weight excluding hydrogens is 272 g/mol. The first-order chi connectivity index (χ1) is 8.81. The van der Waals surface area contributed by atoms with Crippen LogP contribution < -0.4 is 15.8 Å². The first-order valence-corrected chi connectivity index (χ1v) is 5.69. The number of carbonyl (C=O) groups is 2. The summed E-state index contributed by atoms with van der Waals surface area (Å²) < 4.78 is 8.84. The van der Waals surface area contributed by atoms with Gasteiger partial charge in [-0.1, -0.05) is 11.6 Å². The molecule has 0 radical (unpaired) electrons. The van der Waals surface area contributed by atoms with Crippen molar-refractivity contribution in [2.24, 2.45) is 5.73 Å². The summed E-state index contributed by atoms with van der Waals surface area (Å²) in [7, 11) is 2.72. The molecule has 6 nitrogen and oxygen atoms in total. The van der Waals surface area contributed by atoms with E-state index in [4.69, 9.17) is 16.3 Å². The van der Waals surface area contributed by atoms with E-state index >= 15 is 0 Å². The van der Waals surface area contributed by atoms with Gasteiger partial charge in [0, 0.05) is 7.05 Å². The molecule has 0 unspecified atom stereocenters. The van der Waals surface area contributed by atoms with E-state index in [0.29, 0.717) is 10.8 Å². The lowest BCUT2D eigenvalue weighted by Crippen LogP contribution is -2.22. The zero-order valence-corrected chi connectivity index (χ0v) is 12.0. The Bertz CT molecular complexity index is 463. The lowest BCUT2D eigenvalue weighted by molar-refractivity contribution is 0.182. The highest BCUT2D eigenvalue weighted by Crippen LogP contribution is 2.27. The molecule has 0 bridgehead atoms. The molecule has 0 aliphatic heterocycles. The van der Waals surface area contributed by atoms with Crippen molar-refractivity contribution >= 4 is 23.8 Å². The molecule has 0 spiro atoms. The number of carbonyl (C=O) groups excluding carboxylic acids is 2. The maximum atomic E-state index is 10.9. The van der Waals surface area contributed by atoms with Crippen LogP contribution in [0.15, 0.2) is 12.1 Å². The van der Waals surface area contributed by atoms with Crippen LogP contribution in [-0.2, 0) is 4.74 Å². The summed E-state index contributed by atoms with van der Waals surface area (Å²) in [6.45, 7) is 3.88. The molecule has 7 heteroatoms. The molecule has 1 aromatic rings. The molecule has 0 fully saturated rings. The highest BCUT2D eigenvalue weighted by molar-refractivity contribution is 6.32. The monoisotopic (exact) mass is 288 g/mol. The number of hydrogen-bond donors (Lipinski definition) is 2. The van der Waals surface area contributed by atoms with Gasteiger partial charge >= 0.3 is 12.2 Å². The number of ether oxygens (including phenoxy) is 2. The van der Waals surface area contributed by atoms with Gasteiger partial charge in [0.1, 0.15) is 0 Å². The Balaban J connectivity index is 0.000000555. The van der Waals surface area contributed by atoms with Crippen LogP contribution in [0.2, 0.25) is 5.02 Å². The second-order valence-electron chi connectivity index (χ2n) is 3.53. The topological polar surface area (TPSA) is 90.7 Å². The maximum Gasteiger partial charge on any atom is 0.412 e. The van der Waals surface area contributed by atoms with Crippen molar-refractivity contribution in [1.29, 1.82) is 0 Å². The Labute approximate surface area is 116 Å². The first kappa shape index (κ1) is 17.1. The molecule has 0 atom stereocenters. The number of nitrogens with two attached hydrogens (primary N) is 1. The largest absolute Gasteiger partial charge is 0.453 e. The quantitative estimate of drug-likeness (QED) is 0.830. The molecule has 0 heterocycles. The number of halogens is 1. The van der Waals surface area contributed by atoms with E-state index < -0.39 is 12.2 Å². The number of rotatable bonds is 1. The molecule has 0 saturated carbocycles. The standard InChI is InChI=1S/C10H12ClNO2.C2H5NO2/c1-6-4-8(11)9(5-7(6)2)14-10(13)12-3;1-5-2(3)4/h4-5H,1-3H3,(H,12,13);1H3,(H2,3,4). The van der Waals surface area contributed by atoms with Gasteiger partial charge in [0.25, 0.3) is 0 Å². The van der Waals surface area contributed by atoms with E-state index in [1.165, 1.54) is 14.2 Å². The van der Waals surface area contributed by atoms with Crippen LogP contribution in [0.4, 0.5) is 9.59 Å². The van der Waals surface area contributed by atoms with Crippen molar-refractivity contribution in [3.05, 3.63) is 28.3 Å². The van der Waals surface area contributed by atoms with Crippen LogP contribution in [0.3, 0.4) is 0 Å². The van der Waals surface area contributed by atoms with Gasteiger partial charge in [0.15, 0.2) is 5.75 Å². The van der Waals surface area contributed by atoms with E-state index in [1.807, 2.05) is 13.8 Å². The Kier molecular flexibility index (Phi) is 7.36. The normalized spacial score (nSPS) is 8.89. The number of hydrogen-bond acceptors (Lipinski definition) is 4. The first-order valence-electron chi connectivity index (χ1n) is 5.31. The molecule has 1 aromatic carbocycles. The SMILES string of the molecule is CNC(=O)Oc1cc(C)c(C)cc1Cl.COC(N)=O. The maximum absolute atomic E-state index is 10.9. The fourth-order valence-electron chi connectivity index (χ4n) is 0.984. The summed E-state index contributed by atoms with van der Waals surface area (Å²) in [4.78, 5) is 20.3.